The van der Waals surface area contributed by atoms with Crippen molar-refractivity contribution in [2.24, 2.45) is 0 Å². The molecule has 2 saturated heterocycles. The van der Waals surface area contributed by atoms with Crippen molar-refractivity contribution in [2.75, 3.05) is 31.1 Å². The first-order chi connectivity index (χ1) is 11.2. The van der Waals surface area contributed by atoms with E-state index in [4.69, 9.17) is 9.31 Å². The van der Waals surface area contributed by atoms with E-state index in [-0.39, 0.29) is 18.3 Å². The minimum atomic E-state index is -0.288. The van der Waals surface area contributed by atoms with Gasteiger partial charge >= 0.3 is 7.12 Å². The van der Waals surface area contributed by atoms with Gasteiger partial charge in [-0.25, -0.2) is 0 Å². The highest BCUT2D eigenvalue weighted by atomic mass is 16.7. The number of benzene rings is 1. The topological polar surface area (TPSA) is 24.9 Å². The molecule has 0 amide bonds. The van der Waals surface area contributed by atoms with E-state index in [0.29, 0.717) is 6.04 Å². The van der Waals surface area contributed by atoms with Crippen LogP contribution in [-0.2, 0) is 9.31 Å². The number of hydrogen-bond acceptors (Lipinski definition) is 4. The Labute approximate surface area is 147 Å². The third kappa shape index (κ3) is 3.35. The van der Waals surface area contributed by atoms with Crippen molar-refractivity contribution in [2.45, 2.75) is 58.8 Å². The maximum absolute atomic E-state index is 6.13. The molecule has 132 valence electrons. The van der Waals surface area contributed by atoms with Gasteiger partial charge in [0.15, 0.2) is 0 Å². The first-order valence-electron chi connectivity index (χ1n) is 9.14. The van der Waals surface area contributed by atoms with Crippen LogP contribution in [0.5, 0.6) is 0 Å². The highest BCUT2D eigenvalue weighted by Crippen LogP contribution is 2.36. The highest BCUT2D eigenvalue weighted by molar-refractivity contribution is 6.62. The third-order valence-electron chi connectivity index (χ3n) is 5.83. The normalized spacial score (nSPS) is 24.0. The number of nitrogens with zero attached hydrogens (tertiary/aromatic N) is 2. The average Bonchev–Trinajstić information content (AvgIpc) is 2.76. The van der Waals surface area contributed by atoms with Crippen LogP contribution in [0.4, 0.5) is 5.69 Å². The summed E-state index contributed by atoms with van der Waals surface area (Å²) in [6, 6.07) is 9.33. The first kappa shape index (κ1) is 17.8. The van der Waals surface area contributed by atoms with Crippen LogP contribution in [0.2, 0.25) is 0 Å². The van der Waals surface area contributed by atoms with Gasteiger partial charge in [-0.15, -0.1) is 0 Å². The van der Waals surface area contributed by atoms with Gasteiger partial charge in [0, 0.05) is 37.9 Å². The molecule has 0 radical (unpaired) electrons. The molecule has 2 fully saturated rings. The van der Waals surface area contributed by atoms with Crippen LogP contribution in [0.25, 0.3) is 0 Å². The van der Waals surface area contributed by atoms with Crippen molar-refractivity contribution in [3.8, 4) is 0 Å². The first-order valence-corrected chi connectivity index (χ1v) is 9.14. The molecule has 0 spiro atoms. The molecule has 5 heteroatoms. The molecule has 0 bridgehead atoms. The average molecular weight is 330 g/mol. The summed E-state index contributed by atoms with van der Waals surface area (Å²) < 4.78 is 12.3. The lowest BCUT2D eigenvalue weighted by Crippen LogP contribution is -2.49. The zero-order chi connectivity index (χ0) is 17.5. The van der Waals surface area contributed by atoms with Crippen LogP contribution in [0.1, 0.15) is 41.5 Å². The lowest BCUT2D eigenvalue weighted by atomic mass is 9.79. The quantitative estimate of drug-likeness (QED) is 0.795. The van der Waals surface area contributed by atoms with Crippen LogP contribution < -0.4 is 10.4 Å². The predicted molar refractivity (Wildman–Crippen MR) is 101 cm³/mol. The van der Waals surface area contributed by atoms with Gasteiger partial charge < -0.3 is 14.2 Å². The molecular formula is C19H31BN2O2. The van der Waals surface area contributed by atoms with Crippen LogP contribution >= 0.6 is 0 Å². The summed E-state index contributed by atoms with van der Waals surface area (Å²) in [4.78, 5) is 5.00. The maximum atomic E-state index is 6.13. The fraction of sp³-hybridized carbons (Fsp3) is 0.684. The Morgan fingerprint density at radius 1 is 0.875 bits per heavy atom. The zero-order valence-corrected chi connectivity index (χ0v) is 16.0. The number of hydrogen-bond donors (Lipinski definition) is 0. The summed E-state index contributed by atoms with van der Waals surface area (Å²) in [7, 11) is -0.276. The fourth-order valence-corrected chi connectivity index (χ4v) is 3.32. The molecule has 0 saturated carbocycles. The minimum absolute atomic E-state index is 0.276. The van der Waals surface area contributed by atoms with Gasteiger partial charge in [0.25, 0.3) is 0 Å². The highest BCUT2D eigenvalue weighted by Gasteiger charge is 2.51. The molecule has 2 aliphatic rings. The largest absolute Gasteiger partial charge is 0.494 e. The van der Waals surface area contributed by atoms with E-state index < -0.39 is 0 Å². The van der Waals surface area contributed by atoms with E-state index in [1.165, 1.54) is 5.69 Å². The second-order valence-electron chi connectivity index (χ2n) is 8.30. The summed E-state index contributed by atoms with van der Waals surface area (Å²) >= 11 is 0. The standard InChI is InChI=1S/C19H31BN2O2/c1-15(2)21-11-13-22(14-12-21)17-9-7-16(8-10-17)20-23-18(3,4)19(5,6)24-20/h7-10,15H,11-14H2,1-6H3. The summed E-state index contributed by atoms with van der Waals surface area (Å²) in [6.45, 7) is 17.4. The van der Waals surface area contributed by atoms with E-state index in [2.05, 4.69) is 75.6 Å². The molecular weight excluding hydrogens is 299 g/mol. The van der Waals surface area contributed by atoms with E-state index in [1.807, 2.05) is 0 Å². The second-order valence-corrected chi connectivity index (χ2v) is 8.30. The Morgan fingerprint density at radius 3 is 1.83 bits per heavy atom. The molecule has 0 aliphatic carbocycles. The number of anilines is 1. The van der Waals surface area contributed by atoms with Crippen LogP contribution in [0, 0.1) is 0 Å². The Kier molecular flexibility index (Phi) is 4.71. The van der Waals surface area contributed by atoms with Gasteiger partial charge in [0.1, 0.15) is 0 Å². The van der Waals surface area contributed by atoms with Gasteiger partial charge in [0.05, 0.1) is 11.2 Å². The molecule has 0 aromatic heterocycles. The van der Waals surface area contributed by atoms with E-state index in [1.54, 1.807) is 0 Å². The van der Waals surface area contributed by atoms with Gasteiger partial charge in [0.2, 0.25) is 0 Å². The lowest BCUT2D eigenvalue weighted by molar-refractivity contribution is 0.00578. The number of rotatable bonds is 3. The van der Waals surface area contributed by atoms with E-state index >= 15 is 0 Å². The molecule has 2 aliphatic heterocycles. The predicted octanol–water partition coefficient (Wildman–Crippen LogP) is 2.52. The number of piperazine rings is 1. The van der Waals surface area contributed by atoms with Crippen LogP contribution in [0.15, 0.2) is 24.3 Å². The SMILES string of the molecule is CC(C)N1CCN(c2ccc(B3OC(C)(C)C(C)(C)O3)cc2)CC1. The van der Waals surface area contributed by atoms with Crippen molar-refractivity contribution in [3.05, 3.63) is 24.3 Å². The van der Waals surface area contributed by atoms with Gasteiger partial charge in [-0.1, -0.05) is 12.1 Å². The Balaban J connectivity index is 1.65. The van der Waals surface area contributed by atoms with Gasteiger partial charge in [-0.3, -0.25) is 4.90 Å². The summed E-state index contributed by atoms with van der Waals surface area (Å²) in [6.07, 6.45) is 0. The third-order valence-corrected chi connectivity index (χ3v) is 5.83. The molecule has 2 heterocycles. The zero-order valence-electron chi connectivity index (χ0n) is 16.0. The summed E-state index contributed by atoms with van der Waals surface area (Å²) in [5.74, 6) is 0. The fourth-order valence-electron chi connectivity index (χ4n) is 3.32. The Morgan fingerprint density at radius 2 is 1.38 bits per heavy atom. The molecule has 0 atom stereocenters. The molecule has 24 heavy (non-hydrogen) atoms. The van der Waals surface area contributed by atoms with Crippen molar-refractivity contribution in [1.29, 1.82) is 0 Å². The van der Waals surface area contributed by atoms with Crippen molar-refractivity contribution in [3.63, 3.8) is 0 Å². The van der Waals surface area contributed by atoms with Crippen molar-refractivity contribution < 1.29 is 9.31 Å². The Bertz CT molecular complexity index is 547. The molecule has 0 unspecified atom stereocenters. The second kappa shape index (κ2) is 6.36. The Hall–Kier alpha value is -1.04. The lowest BCUT2D eigenvalue weighted by Gasteiger charge is -2.38. The summed E-state index contributed by atoms with van der Waals surface area (Å²) in [5.41, 5.74) is 1.81. The monoisotopic (exact) mass is 330 g/mol. The molecule has 0 N–H and O–H groups in total. The smallest absolute Gasteiger partial charge is 0.399 e. The van der Waals surface area contributed by atoms with Crippen molar-refractivity contribution in [1.82, 2.24) is 4.90 Å². The molecule has 1 aromatic carbocycles. The van der Waals surface area contributed by atoms with Crippen LogP contribution in [-0.4, -0.2) is 55.4 Å². The van der Waals surface area contributed by atoms with Gasteiger partial charge in [-0.05, 0) is 59.1 Å². The van der Waals surface area contributed by atoms with Crippen molar-refractivity contribution >= 4 is 18.3 Å². The van der Waals surface area contributed by atoms with E-state index in [0.717, 1.165) is 31.6 Å². The van der Waals surface area contributed by atoms with Crippen LogP contribution in [0.3, 0.4) is 0 Å². The molecule has 4 nitrogen and oxygen atoms in total. The summed E-state index contributed by atoms with van der Waals surface area (Å²) in [5, 5.41) is 0. The molecule has 1 aromatic rings. The molecule has 3 rings (SSSR count). The van der Waals surface area contributed by atoms with E-state index in [9.17, 15) is 0 Å². The minimum Gasteiger partial charge on any atom is -0.399 e. The maximum Gasteiger partial charge on any atom is 0.494 e. The van der Waals surface area contributed by atoms with Gasteiger partial charge in [-0.2, -0.15) is 0 Å².